The van der Waals surface area contributed by atoms with Gasteiger partial charge in [0.25, 0.3) is 0 Å². The zero-order chi connectivity index (χ0) is 20.8. The van der Waals surface area contributed by atoms with Crippen molar-refractivity contribution in [3.63, 3.8) is 0 Å². The topological polar surface area (TPSA) is 50.2 Å². The number of hydrogen-bond donors (Lipinski definition) is 1. The van der Waals surface area contributed by atoms with Crippen LogP contribution < -0.4 is 0 Å². The highest BCUT2D eigenvalue weighted by Crippen LogP contribution is 2.42. The van der Waals surface area contributed by atoms with E-state index in [0.717, 1.165) is 48.4 Å². The first-order valence-electron chi connectivity index (χ1n) is 10.7. The van der Waals surface area contributed by atoms with Gasteiger partial charge in [-0.2, -0.15) is 0 Å². The Kier molecular flexibility index (Phi) is 6.85. The first-order chi connectivity index (χ1) is 14.7. The van der Waals surface area contributed by atoms with E-state index < -0.39 is 5.97 Å². The first-order valence-corrected chi connectivity index (χ1v) is 11.7. The number of hydrogen-bond acceptors (Lipinski definition) is 3. The van der Waals surface area contributed by atoms with Crippen molar-refractivity contribution in [2.45, 2.75) is 37.1 Å². The Morgan fingerprint density at radius 3 is 2.23 bits per heavy atom. The zero-order valence-corrected chi connectivity index (χ0v) is 17.9. The summed E-state index contributed by atoms with van der Waals surface area (Å²) in [5.41, 5.74) is 4.76. The fourth-order valence-corrected chi connectivity index (χ4v) is 4.84. The molecule has 1 heterocycles. The summed E-state index contributed by atoms with van der Waals surface area (Å²) in [4.78, 5) is 15.6. The van der Waals surface area contributed by atoms with Crippen LogP contribution in [0.5, 0.6) is 0 Å². The first kappa shape index (κ1) is 20.7. The second kappa shape index (κ2) is 9.94. The van der Waals surface area contributed by atoms with Crippen LogP contribution in [0.25, 0.3) is 22.3 Å². The van der Waals surface area contributed by atoms with Crippen LogP contribution in [-0.4, -0.2) is 21.8 Å². The molecule has 3 aromatic rings. The molecule has 4 rings (SSSR count). The van der Waals surface area contributed by atoms with Gasteiger partial charge in [0, 0.05) is 11.8 Å². The molecule has 0 saturated heterocycles. The van der Waals surface area contributed by atoms with E-state index in [1.54, 1.807) is 0 Å². The van der Waals surface area contributed by atoms with Crippen LogP contribution in [0.3, 0.4) is 0 Å². The molecule has 4 heteroatoms. The molecule has 1 saturated carbocycles. The molecule has 0 aliphatic heterocycles. The number of thioether (sulfide) groups is 1. The highest BCUT2D eigenvalue weighted by molar-refractivity contribution is 7.99. The molecule has 1 aliphatic rings. The van der Waals surface area contributed by atoms with E-state index in [0.29, 0.717) is 5.92 Å². The second-order valence-electron chi connectivity index (χ2n) is 7.94. The molecule has 30 heavy (non-hydrogen) atoms. The van der Waals surface area contributed by atoms with Crippen LogP contribution in [0.1, 0.15) is 32.1 Å². The third-order valence-corrected chi connectivity index (χ3v) is 6.77. The molecule has 2 atom stereocenters. The Balaban J connectivity index is 1.35. The monoisotopic (exact) mass is 417 g/mol. The number of rotatable bonds is 10. The van der Waals surface area contributed by atoms with Crippen LogP contribution >= 0.6 is 11.8 Å². The molecule has 0 radical (unpaired) electrons. The molecule has 1 N–H and O–H groups in total. The second-order valence-corrected chi connectivity index (χ2v) is 9.05. The van der Waals surface area contributed by atoms with Crippen LogP contribution in [0, 0.1) is 11.8 Å². The summed E-state index contributed by atoms with van der Waals surface area (Å²) >= 11 is 1.81. The van der Waals surface area contributed by atoms with Gasteiger partial charge in [-0.25, -0.2) is 4.98 Å². The number of carboxylic acid groups (broad SMARTS) is 1. The zero-order valence-electron chi connectivity index (χ0n) is 17.0. The summed E-state index contributed by atoms with van der Waals surface area (Å²) < 4.78 is 0. The Labute approximate surface area is 182 Å². The third kappa shape index (κ3) is 5.31. The molecule has 0 amide bonds. The van der Waals surface area contributed by atoms with Gasteiger partial charge in [-0.05, 0) is 53.7 Å². The lowest BCUT2D eigenvalue weighted by Crippen LogP contribution is -1.99. The van der Waals surface area contributed by atoms with Crippen molar-refractivity contribution in [2.24, 2.45) is 11.8 Å². The SMILES string of the molecule is O=C(O)C1CC1CCCCCSc1cc(-c2ccccc2)c(-c2ccccc2)cn1. The van der Waals surface area contributed by atoms with E-state index in [4.69, 9.17) is 10.1 Å². The van der Waals surface area contributed by atoms with Crippen LogP contribution in [-0.2, 0) is 4.79 Å². The normalized spacial score (nSPS) is 17.6. The van der Waals surface area contributed by atoms with E-state index in [-0.39, 0.29) is 5.92 Å². The molecule has 1 aromatic heterocycles. The average molecular weight is 418 g/mol. The molecule has 0 spiro atoms. The lowest BCUT2D eigenvalue weighted by atomic mass is 9.97. The maximum Gasteiger partial charge on any atom is 0.306 e. The lowest BCUT2D eigenvalue weighted by molar-refractivity contribution is -0.138. The predicted molar refractivity (Wildman–Crippen MR) is 124 cm³/mol. The number of carboxylic acids is 1. The molecular weight excluding hydrogens is 390 g/mol. The van der Waals surface area contributed by atoms with Crippen molar-refractivity contribution in [1.82, 2.24) is 4.98 Å². The summed E-state index contributed by atoms with van der Waals surface area (Å²) in [5, 5.41) is 10.0. The molecular formula is C26H27NO2S. The minimum absolute atomic E-state index is 0.0666. The van der Waals surface area contributed by atoms with Crippen LogP contribution in [0.15, 0.2) is 78.0 Å². The maximum atomic E-state index is 10.9. The largest absolute Gasteiger partial charge is 0.481 e. The number of unbranched alkanes of at least 4 members (excludes halogenated alkanes) is 2. The van der Waals surface area contributed by atoms with E-state index in [2.05, 4.69) is 54.6 Å². The van der Waals surface area contributed by atoms with Crippen LogP contribution in [0.2, 0.25) is 0 Å². The highest BCUT2D eigenvalue weighted by Gasteiger charge is 2.42. The van der Waals surface area contributed by atoms with Gasteiger partial charge < -0.3 is 5.11 Å². The third-order valence-electron chi connectivity index (χ3n) is 5.76. The van der Waals surface area contributed by atoms with Crippen LogP contribution in [0.4, 0.5) is 0 Å². The van der Waals surface area contributed by atoms with Gasteiger partial charge in [0.1, 0.15) is 0 Å². The number of benzene rings is 2. The van der Waals surface area contributed by atoms with Gasteiger partial charge in [0.2, 0.25) is 0 Å². The summed E-state index contributed by atoms with van der Waals surface area (Å²) in [5.74, 6) is 0.785. The summed E-state index contributed by atoms with van der Waals surface area (Å²) in [6, 6.07) is 23.1. The number of pyridine rings is 1. The van der Waals surface area contributed by atoms with E-state index >= 15 is 0 Å². The Hall–Kier alpha value is -2.59. The number of aliphatic carboxylic acids is 1. The highest BCUT2D eigenvalue weighted by atomic mass is 32.2. The van der Waals surface area contributed by atoms with Gasteiger partial charge in [-0.15, -0.1) is 11.8 Å². The number of carbonyl (C=O) groups is 1. The fraction of sp³-hybridized carbons (Fsp3) is 0.308. The van der Waals surface area contributed by atoms with Gasteiger partial charge in [0.05, 0.1) is 10.9 Å². The van der Waals surface area contributed by atoms with Gasteiger partial charge >= 0.3 is 5.97 Å². The molecule has 1 fully saturated rings. The maximum absolute atomic E-state index is 10.9. The molecule has 154 valence electrons. The summed E-state index contributed by atoms with van der Waals surface area (Å²) in [7, 11) is 0. The minimum atomic E-state index is -0.616. The standard InChI is InChI=1S/C26H27NO2S/c28-26(29)23-16-21(23)14-8-3-9-15-30-25-17-22(19-10-4-1-5-11-19)24(18-27-25)20-12-6-2-7-13-20/h1-2,4-7,10-13,17-18,21,23H,3,8-9,14-16H2,(H,28,29). The van der Waals surface area contributed by atoms with Crippen molar-refractivity contribution in [2.75, 3.05) is 5.75 Å². The molecule has 2 unspecified atom stereocenters. The van der Waals surface area contributed by atoms with Gasteiger partial charge in [-0.3, -0.25) is 4.79 Å². The predicted octanol–water partition coefficient (Wildman–Crippen LogP) is 6.79. The Morgan fingerprint density at radius 1 is 0.933 bits per heavy atom. The van der Waals surface area contributed by atoms with Crippen molar-refractivity contribution >= 4 is 17.7 Å². The van der Waals surface area contributed by atoms with Gasteiger partial charge in [-0.1, -0.05) is 73.5 Å². The Bertz CT molecular complexity index is 975. The van der Waals surface area contributed by atoms with E-state index in [1.165, 1.54) is 16.7 Å². The summed E-state index contributed by atoms with van der Waals surface area (Å²) in [6.45, 7) is 0. The number of nitrogens with zero attached hydrogens (tertiary/aromatic N) is 1. The fourth-order valence-electron chi connectivity index (χ4n) is 3.95. The van der Waals surface area contributed by atoms with Gasteiger partial charge in [0.15, 0.2) is 0 Å². The quantitative estimate of drug-likeness (QED) is 0.291. The van der Waals surface area contributed by atoms with E-state index in [9.17, 15) is 4.79 Å². The van der Waals surface area contributed by atoms with Crippen molar-refractivity contribution < 1.29 is 9.90 Å². The molecule has 0 bridgehead atoms. The number of aromatic nitrogens is 1. The van der Waals surface area contributed by atoms with Crippen molar-refractivity contribution in [3.05, 3.63) is 72.9 Å². The average Bonchev–Trinajstić information content (AvgIpc) is 3.57. The summed E-state index contributed by atoms with van der Waals surface area (Å²) in [6.07, 6.45) is 7.36. The molecule has 1 aliphatic carbocycles. The Morgan fingerprint density at radius 2 is 1.60 bits per heavy atom. The lowest BCUT2D eigenvalue weighted by Gasteiger charge is -2.12. The molecule has 3 nitrogen and oxygen atoms in total. The van der Waals surface area contributed by atoms with Crippen molar-refractivity contribution in [3.8, 4) is 22.3 Å². The minimum Gasteiger partial charge on any atom is -0.481 e. The van der Waals surface area contributed by atoms with E-state index in [1.807, 2.05) is 30.1 Å². The van der Waals surface area contributed by atoms with Crippen molar-refractivity contribution in [1.29, 1.82) is 0 Å². The molecule has 2 aromatic carbocycles. The smallest absolute Gasteiger partial charge is 0.306 e.